The van der Waals surface area contributed by atoms with Crippen LogP contribution in [-0.2, 0) is 0 Å². The molecule has 0 atom stereocenters. The van der Waals surface area contributed by atoms with Crippen LogP contribution in [0.15, 0.2) is 182 Å². The Morgan fingerprint density at radius 3 is 1.51 bits per heavy atom. The van der Waals surface area contributed by atoms with Crippen molar-refractivity contribution in [3.05, 3.63) is 182 Å². The van der Waals surface area contributed by atoms with Gasteiger partial charge >= 0.3 is 0 Å². The van der Waals surface area contributed by atoms with Gasteiger partial charge in [-0.2, -0.15) is 0 Å². The summed E-state index contributed by atoms with van der Waals surface area (Å²) in [6.07, 6.45) is 1.92. The number of rotatable bonds is 5. The third kappa shape index (κ3) is 4.17. The Bertz CT molecular complexity index is 2600. The van der Waals surface area contributed by atoms with Crippen LogP contribution in [0, 0.1) is 0 Å². The van der Waals surface area contributed by atoms with E-state index in [0.29, 0.717) is 0 Å². The minimum absolute atomic E-state index is 0.978. The summed E-state index contributed by atoms with van der Waals surface area (Å²) in [6, 6.07) is 63.6. The van der Waals surface area contributed by atoms with Crippen molar-refractivity contribution in [1.82, 2.24) is 4.98 Å². The van der Waals surface area contributed by atoms with Crippen LogP contribution in [-0.4, -0.2) is 4.98 Å². The van der Waals surface area contributed by atoms with Crippen LogP contribution < -0.4 is 4.90 Å². The summed E-state index contributed by atoms with van der Waals surface area (Å²) in [5, 5.41) is 6.16. The molecule has 0 amide bonds. The number of aromatic nitrogens is 1. The normalized spacial score (nSPS) is 11.7. The van der Waals surface area contributed by atoms with Crippen molar-refractivity contribution in [2.75, 3.05) is 4.90 Å². The van der Waals surface area contributed by atoms with Crippen LogP contribution in [0.5, 0.6) is 0 Å². The van der Waals surface area contributed by atoms with Gasteiger partial charge in [0, 0.05) is 22.7 Å². The SMILES string of the molecule is c1ccc(-c2c3c(c(-c4ccccc4)c4ccccc24)-c2ccc(N(c4ccccc4)c4ccnc5ccccc45)c4cccc-3c24)cc1. The van der Waals surface area contributed by atoms with Crippen LogP contribution >= 0.6 is 0 Å². The molecule has 10 rings (SSSR count). The highest BCUT2D eigenvalue weighted by Crippen LogP contribution is 2.59. The van der Waals surface area contributed by atoms with Gasteiger partial charge in [0.1, 0.15) is 0 Å². The quantitative estimate of drug-likeness (QED) is 0.190. The van der Waals surface area contributed by atoms with E-state index in [9.17, 15) is 0 Å². The third-order valence-electron chi connectivity index (χ3n) is 10.0. The van der Waals surface area contributed by atoms with Gasteiger partial charge in [0.05, 0.1) is 16.9 Å². The number of anilines is 3. The van der Waals surface area contributed by atoms with E-state index in [1.165, 1.54) is 66.1 Å². The summed E-state index contributed by atoms with van der Waals surface area (Å²) >= 11 is 0. The molecule has 1 heterocycles. The summed E-state index contributed by atoms with van der Waals surface area (Å²) in [7, 11) is 0. The average molecular weight is 623 g/mol. The van der Waals surface area contributed by atoms with E-state index in [2.05, 4.69) is 181 Å². The maximum atomic E-state index is 4.72. The maximum Gasteiger partial charge on any atom is 0.0723 e. The standard InChI is InChI=1S/C47H30N2/c1-4-15-31(16-5-1)43-34-21-10-11-22-35(34)44(32-17-6-2-7-18-32)47-39-27-28-41(37-24-14-25-38(45(37)39)46(43)47)49(33-19-8-3-9-20-33)42-29-30-48-40-26-13-12-23-36(40)42/h1-30H. The molecule has 0 N–H and O–H groups in total. The zero-order valence-corrected chi connectivity index (χ0v) is 26.7. The number of hydrogen-bond donors (Lipinski definition) is 0. The molecule has 0 aliphatic heterocycles. The smallest absolute Gasteiger partial charge is 0.0723 e. The Hall–Kier alpha value is -6.51. The lowest BCUT2D eigenvalue weighted by Gasteiger charge is -2.28. The van der Waals surface area contributed by atoms with Crippen LogP contribution in [0.25, 0.3) is 77.0 Å². The topological polar surface area (TPSA) is 16.1 Å². The summed E-state index contributed by atoms with van der Waals surface area (Å²) < 4.78 is 0. The van der Waals surface area contributed by atoms with E-state index in [4.69, 9.17) is 4.98 Å². The average Bonchev–Trinajstić information content (AvgIpc) is 3.50. The number of benzene rings is 8. The number of nitrogens with zero attached hydrogens (tertiary/aromatic N) is 2. The molecule has 0 saturated carbocycles. The van der Waals surface area contributed by atoms with Crippen molar-refractivity contribution in [1.29, 1.82) is 0 Å². The Labute approximate surface area is 285 Å². The highest BCUT2D eigenvalue weighted by Gasteiger charge is 2.32. The van der Waals surface area contributed by atoms with Crippen molar-refractivity contribution in [2.45, 2.75) is 0 Å². The number of pyridine rings is 1. The second kappa shape index (κ2) is 11.0. The van der Waals surface area contributed by atoms with E-state index < -0.39 is 0 Å². The van der Waals surface area contributed by atoms with E-state index in [1.807, 2.05) is 6.20 Å². The fraction of sp³-hybridized carbons (Fsp3) is 0. The molecule has 0 radical (unpaired) electrons. The predicted octanol–water partition coefficient (Wildman–Crippen LogP) is 13.0. The van der Waals surface area contributed by atoms with Crippen LogP contribution in [0.4, 0.5) is 17.1 Å². The van der Waals surface area contributed by atoms with Gasteiger partial charge in [0.15, 0.2) is 0 Å². The van der Waals surface area contributed by atoms with E-state index >= 15 is 0 Å². The fourth-order valence-corrected chi connectivity index (χ4v) is 8.05. The van der Waals surface area contributed by atoms with Gasteiger partial charge in [-0.3, -0.25) is 4.98 Å². The van der Waals surface area contributed by atoms with Crippen molar-refractivity contribution in [3.63, 3.8) is 0 Å². The molecular weight excluding hydrogens is 593 g/mol. The van der Waals surface area contributed by atoms with Gasteiger partial charge in [0.2, 0.25) is 0 Å². The molecule has 1 aromatic heterocycles. The molecular formula is C47H30N2. The molecule has 0 unspecified atom stereocenters. The first-order chi connectivity index (χ1) is 24.4. The minimum atomic E-state index is 0.978. The molecule has 2 heteroatoms. The molecule has 0 saturated heterocycles. The predicted molar refractivity (Wildman–Crippen MR) is 207 cm³/mol. The molecule has 8 aromatic carbocycles. The van der Waals surface area contributed by atoms with Gasteiger partial charge in [0.25, 0.3) is 0 Å². The monoisotopic (exact) mass is 622 g/mol. The molecule has 2 nitrogen and oxygen atoms in total. The lowest BCUT2D eigenvalue weighted by Crippen LogP contribution is -2.11. The summed E-state index contributed by atoms with van der Waals surface area (Å²) in [5.74, 6) is 0. The number of hydrogen-bond acceptors (Lipinski definition) is 2. The molecule has 228 valence electrons. The first-order valence-corrected chi connectivity index (χ1v) is 16.8. The van der Waals surface area contributed by atoms with Crippen molar-refractivity contribution in [2.24, 2.45) is 0 Å². The van der Waals surface area contributed by atoms with Crippen molar-refractivity contribution in [3.8, 4) is 44.5 Å². The summed E-state index contributed by atoms with van der Waals surface area (Å²) in [6.45, 7) is 0. The lowest BCUT2D eigenvalue weighted by atomic mass is 9.82. The molecule has 49 heavy (non-hydrogen) atoms. The summed E-state index contributed by atoms with van der Waals surface area (Å²) in [5.41, 5.74) is 14.5. The maximum absolute atomic E-state index is 4.72. The second-order valence-electron chi connectivity index (χ2n) is 12.7. The van der Waals surface area contributed by atoms with Gasteiger partial charge in [-0.05, 0) is 91.0 Å². The zero-order valence-electron chi connectivity index (χ0n) is 26.7. The highest BCUT2D eigenvalue weighted by atomic mass is 15.1. The number of para-hydroxylation sites is 2. The largest absolute Gasteiger partial charge is 0.309 e. The first kappa shape index (κ1) is 27.6. The Morgan fingerprint density at radius 2 is 0.857 bits per heavy atom. The van der Waals surface area contributed by atoms with Crippen LogP contribution in [0.3, 0.4) is 0 Å². The second-order valence-corrected chi connectivity index (χ2v) is 12.7. The van der Waals surface area contributed by atoms with E-state index in [-0.39, 0.29) is 0 Å². The van der Waals surface area contributed by atoms with Crippen molar-refractivity contribution >= 4 is 49.5 Å². The highest BCUT2D eigenvalue weighted by molar-refractivity contribution is 6.29. The van der Waals surface area contributed by atoms with Crippen LogP contribution in [0.2, 0.25) is 0 Å². The Balaban J connectivity index is 1.34. The lowest BCUT2D eigenvalue weighted by molar-refractivity contribution is 1.29. The molecule has 0 spiro atoms. The van der Waals surface area contributed by atoms with Crippen LogP contribution in [0.1, 0.15) is 0 Å². The van der Waals surface area contributed by atoms with Gasteiger partial charge in [-0.25, -0.2) is 0 Å². The third-order valence-corrected chi connectivity index (χ3v) is 10.0. The Kier molecular flexibility index (Phi) is 6.22. The zero-order chi connectivity index (χ0) is 32.3. The Morgan fingerprint density at radius 1 is 0.347 bits per heavy atom. The van der Waals surface area contributed by atoms with E-state index in [0.717, 1.165) is 28.0 Å². The minimum Gasteiger partial charge on any atom is -0.309 e. The fourth-order valence-electron chi connectivity index (χ4n) is 8.05. The van der Waals surface area contributed by atoms with Gasteiger partial charge in [-0.15, -0.1) is 0 Å². The van der Waals surface area contributed by atoms with E-state index in [1.54, 1.807) is 0 Å². The summed E-state index contributed by atoms with van der Waals surface area (Å²) in [4.78, 5) is 7.12. The molecule has 1 aliphatic rings. The number of fused-ring (bicyclic) bond motifs is 5. The molecule has 9 aromatic rings. The molecule has 0 fully saturated rings. The molecule has 0 bridgehead atoms. The first-order valence-electron chi connectivity index (χ1n) is 16.8. The van der Waals surface area contributed by atoms with Gasteiger partial charge < -0.3 is 4.90 Å². The molecule has 1 aliphatic carbocycles. The van der Waals surface area contributed by atoms with Crippen molar-refractivity contribution < 1.29 is 0 Å². The van der Waals surface area contributed by atoms with Gasteiger partial charge in [-0.1, -0.05) is 146 Å².